The average molecular weight is 271 g/mol. The minimum Gasteiger partial charge on any atom is -0.308 e. The molecule has 1 rings (SSSR count). The van der Waals surface area contributed by atoms with Crippen LogP contribution >= 0.6 is 15.9 Å². The van der Waals surface area contributed by atoms with E-state index < -0.39 is 0 Å². The molecule has 0 aliphatic carbocycles. The molecule has 0 amide bonds. The second-order valence-corrected chi connectivity index (χ2v) is 4.66. The van der Waals surface area contributed by atoms with Crippen LogP contribution in [0.5, 0.6) is 0 Å². The van der Waals surface area contributed by atoms with Crippen LogP contribution in [0, 0.1) is 0 Å². The Balaban J connectivity index is 2.38. The van der Waals surface area contributed by atoms with Crippen molar-refractivity contribution in [2.24, 2.45) is 0 Å². The van der Waals surface area contributed by atoms with Gasteiger partial charge in [0.15, 0.2) is 0 Å². The molecule has 15 heavy (non-hydrogen) atoms. The molecule has 3 heteroatoms. The van der Waals surface area contributed by atoms with Crippen LogP contribution in [-0.2, 0) is 6.54 Å². The maximum atomic E-state index is 4.34. The van der Waals surface area contributed by atoms with Gasteiger partial charge >= 0.3 is 0 Å². The van der Waals surface area contributed by atoms with Gasteiger partial charge < -0.3 is 5.32 Å². The first-order chi connectivity index (χ1) is 7.26. The SMILES string of the molecule is CCCC(CC)NCc1ccc(Br)cn1. The molecule has 0 saturated carbocycles. The van der Waals surface area contributed by atoms with Crippen LogP contribution in [-0.4, -0.2) is 11.0 Å². The maximum absolute atomic E-state index is 4.34. The highest BCUT2D eigenvalue weighted by Gasteiger charge is 2.04. The Morgan fingerprint density at radius 1 is 1.40 bits per heavy atom. The van der Waals surface area contributed by atoms with Crippen LogP contribution in [0.4, 0.5) is 0 Å². The number of pyridine rings is 1. The molecule has 0 aliphatic heterocycles. The normalized spacial score (nSPS) is 12.7. The van der Waals surface area contributed by atoms with E-state index in [4.69, 9.17) is 0 Å². The predicted octanol–water partition coefficient (Wildman–Crippen LogP) is 3.51. The summed E-state index contributed by atoms with van der Waals surface area (Å²) in [4.78, 5) is 4.34. The lowest BCUT2D eigenvalue weighted by molar-refractivity contribution is 0.459. The fourth-order valence-corrected chi connectivity index (χ4v) is 1.79. The molecule has 0 aromatic carbocycles. The minimum absolute atomic E-state index is 0.625. The van der Waals surface area contributed by atoms with E-state index in [9.17, 15) is 0 Å². The zero-order chi connectivity index (χ0) is 11.1. The van der Waals surface area contributed by atoms with Gasteiger partial charge in [0, 0.05) is 23.3 Å². The molecule has 1 atom stereocenters. The summed E-state index contributed by atoms with van der Waals surface area (Å²) < 4.78 is 1.03. The molecule has 84 valence electrons. The number of rotatable bonds is 6. The smallest absolute Gasteiger partial charge is 0.0542 e. The van der Waals surface area contributed by atoms with Crippen molar-refractivity contribution in [2.75, 3.05) is 0 Å². The van der Waals surface area contributed by atoms with Crippen LogP contribution in [0.15, 0.2) is 22.8 Å². The van der Waals surface area contributed by atoms with Crippen molar-refractivity contribution >= 4 is 15.9 Å². The van der Waals surface area contributed by atoms with Crippen LogP contribution < -0.4 is 5.32 Å². The molecule has 0 radical (unpaired) electrons. The molecular weight excluding hydrogens is 252 g/mol. The summed E-state index contributed by atoms with van der Waals surface area (Å²) in [5, 5.41) is 3.53. The van der Waals surface area contributed by atoms with Gasteiger partial charge in [0.2, 0.25) is 0 Å². The predicted molar refractivity (Wildman–Crippen MR) is 67.8 cm³/mol. The van der Waals surface area contributed by atoms with E-state index in [-0.39, 0.29) is 0 Å². The van der Waals surface area contributed by atoms with Gasteiger partial charge in [-0.3, -0.25) is 4.98 Å². The van der Waals surface area contributed by atoms with E-state index in [1.807, 2.05) is 12.3 Å². The highest BCUT2D eigenvalue weighted by atomic mass is 79.9. The zero-order valence-electron chi connectivity index (χ0n) is 9.46. The Hall–Kier alpha value is -0.410. The highest BCUT2D eigenvalue weighted by molar-refractivity contribution is 9.10. The quantitative estimate of drug-likeness (QED) is 0.856. The molecule has 0 saturated heterocycles. The molecule has 1 aromatic rings. The minimum atomic E-state index is 0.625. The highest BCUT2D eigenvalue weighted by Crippen LogP contribution is 2.08. The van der Waals surface area contributed by atoms with Gasteiger partial charge in [-0.2, -0.15) is 0 Å². The third-order valence-corrected chi connectivity index (χ3v) is 2.96. The summed E-state index contributed by atoms with van der Waals surface area (Å²) in [6, 6.07) is 4.71. The third-order valence-electron chi connectivity index (χ3n) is 2.49. The largest absolute Gasteiger partial charge is 0.308 e. The first-order valence-corrected chi connectivity index (χ1v) is 6.39. The van der Waals surface area contributed by atoms with Crippen molar-refractivity contribution in [3.63, 3.8) is 0 Å². The van der Waals surface area contributed by atoms with Crippen molar-refractivity contribution in [3.8, 4) is 0 Å². The molecule has 0 fully saturated rings. The van der Waals surface area contributed by atoms with E-state index in [2.05, 4.69) is 46.1 Å². The lowest BCUT2D eigenvalue weighted by Gasteiger charge is -2.15. The molecule has 0 spiro atoms. The van der Waals surface area contributed by atoms with E-state index in [0.717, 1.165) is 16.7 Å². The lowest BCUT2D eigenvalue weighted by atomic mass is 10.1. The lowest BCUT2D eigenvalue weighted by Crippen LogP contribution is -2.27. The molecule has 0 bridgehead atoms. The molecule has 0 aliphatic rings. The van der Waals surface area contributed by atoms with Gasteiger partial charge in [0.1, 0.15) is 0 Å². The van der Waals surface area contributed by atoms with Crippen molar-refractivity contribution in [2.45, 2.75) is 45.7 Å². The second kappa shape index (κ2) is 6.96. The Kier molecular flexibility index (Phi) is 5.88. The molecule has 1 N–H and O–H groups in total. The first-order valence-electron chi connectivity index (χ1n) is 5.60. The second-order valence-electron chi connectivity index (χ2n) is 3.74. The van der Waals surface area contributed by atoms with Crippen molar-refractivity contribution in [3.05, 3.63) is 28.5 Å². The number of halogens is 1. The number of nitrogens with one attached hydrogen (secondary N) is 1. The summed E-state index contributed by atoms with van der Waals surface area (Å²) in [6.07, 6.45) is 5.51. The molecule has 1 aromatic heterocycles. The standard InChI is InChI=1S/C12H19BrN2/c1-3-5-11(4-2)15-9-12-7-6-10(13)8-14-12/h6-8,11,15H,3-5,9H2,1-2H3. The first kappa shape index (κ1) is 12.7. The Morgan fingerprint density at radius 3 is 2.73 bits per heavy atom. The molecular formula is C12H19BrN2. The van der Waals surface area contributed by atoms with Gasteiger partial charge in [0.05, 0.1) is 5.69 Å². The number of hydrogen-bond donors (Lipinski definition) is 1. The summed E-state index contributed by atoms with van der Waals surface area (Å²) in [5.74, 6) is 0. The monoisotopic (exact) mass is 270 g/mol. The maximum Gasteiger partial charge on any atom is 0.0542 e. The fraction of sp³-hybridized carbons (Fsp3) is 0.583. The van der Waals surface area contributed by atoms with E-state index in [1.54, 1.807) is 0 Å². The van der Waals surface area contributed by atoms with E-state index >= 15 is 0 Å². The number of nitrogens with zero attached hydrogens (tertiary/aromatic N) is 1. The summed E-state index contributed by atoms with van der Waals surface area (Å²) in [5.41, 5.74) is 1.10. The zero-order valence-corrected chi connectivity index (χ0v) is 11.0. The van der Waals surface area contributed by atoms with Crippen LogP contribution in [0.25, 0.3) is 0 Å². The summed E-state index contributed by atoms with van der Waals surface area (Å²) in [6.45, 7) is 5.32. The Morgan fingerprint density at radius 2 is 2.20 bits per heavy atom. The summed E-state index contributed by atoms with van der Waals surface area (Å²) >= 11 is 3.38. The number of aromatic nitrogens is 1. The third kappa shape index (κ3) is 4.76. The molecule has 1 heterocycles. The number of hydrogen-bond acceptors (Lipinski definition) is 2. The van der Waals surface area contributed by atoms with Gasteiger partial charge in [-0.25, -0.2) is 0 Å². The van der Waals surface area contributed by atoms with Crippen LogP contribution in [0.2, 0.25) is 0 Å². The van der Waals surface area contributed by atoms with E-state index in [1.165, 1.54) is 19.3 Å². The van der Waals surface area contributed by atoms with E-state index in [0.29, 0.717) is 6.04 Å². The van der Waals surface area contributed by atoms with Crippen molar-refractivity contribution in [1.82, 2.24) is 10.3 Å². The average Bonchev–Trinajstić information content (AvgIpc) is 2.26. The van der Waals surface area contributed by atoms with Gasteiger partial charge in [-0.1, -0.05) is 20.3 Å². The fourth-order valence-electron chi connectivity index (χ4n) is 1.56. The van der Waals surface area contributed by atoms with Gasteiger partial charge in [-0.05, 0) is 40.9 Å². The Bertz CT molecular complexity index is 271. The molecule has 1 unspecified atom stereocenters. The van der Waals surface area contributed by atoms with Gasteiger partial charge in [-0.15, -0.1) is 0 Å². The topological polar surface area (TPSA) is 24.9 Å². The molecule has 2 nitrogen and oxygen atoms in total. The van der Waals surface area contributed by atoms with Gasteiger partial charge in [0.25, 0.3) is 0 Å². The van der Waals surface area contributed by atoms with Crippen LogP contribution in [0.3, 0.4) is 0 Å². The van der Waals surface area contributed by atoms with Crippen LogP contribution in [0.1, 0.15) is 38.8 Å². The summed E-state index contributed by atoms with van der Waals surface area (Å²) in [7, 11) is 0. The Labute approximate surface area is 101 Å². The van der Waals surface area contributed by atoms with Crippen molar-refractivity contribution < 1.29 is 0 Å². The van der Waals surface area contributed by atoms with Crippen molar-refractivity contribution in [1.29, 1.82) is 0 Å².